The van der Waals surface area contributed by atoms with E-state index < -0.39 is 0 Å². The Kier molecular flexibility index (Phi) is 1.98. The van der Waals surface area contributed by atoms with Crippen molar-refractivity contribution >= 4 is 11.4 Å². The summed E-state index contributed by atoms with van der Waals surface area (Å²) in [6.45, 7) is 0. The molecule has 0 heterocycles. The number of nitrogens with zero attached hydrogens (tertiary/aromatic N) is 1. The van der Waals surface area contributed by atoms with Crippen molar-refractivity contribution in [2.24, 2.45) is 0 Å². The van der Waals surface area contributed by atoms with Gasteiger partial charge < -0.3 is 10.6 Å². The van der Waals surface area contributed by atoms with Gasteiger partial charge in [-0.25, -0.2) is 4.39 Å². The van der Waals surface area contributed by atoms with E-state index >= 15 is 0 Å². The molecule has 60 valence electrons. The van der Waals surface area contributed by atoms with E-state index in [2.05, 4.69) is 0 Å². The van der Waals surface area contributed by atoms with Crippen LogP contribution in [-0.2, 0) is 0 Å². The van der Waals surface area contributed by atoms with Crippen molar-refractivity contribution in [3.05, 3.63) is 24.0 Å². The highest BCUT2D eigenvalue weighted by atomic mass is 19.1. The number of benzene rings is 1. The van der Waals surface area contributed by atoms with Crippen LogP contribution in [0.2, 0.25) is 0 Å². The number of nitrogen functional groups attached to an aromatic ring is 1. The van der Waals surface area contributed by atoms with Gasteiger partial charge in [0, 0.05) is 19.8 Å². The highest BCUT2D eigenvalue weighted by molar-refractivity contribution is 5.55. The number of rotatable bonds is 1. The second-order valence-electron chi connectivity index (χ2n) is 2.61. The van der Waals surface area contributed by atoms with Gasteiger partial charge >= 0.3 is 0 Å². The second kappa shape index (κ2) is 2.78. The summed E-state index contributed by atoms with van der Waals surface area (Å²) < 4.78 is 12.9. The lowest BCUT2D eigenvalue weighted by Crippen LogP contribution is -2.10. The monoisotopic (exact) mass is 154 g/mol. The molecule has 1 aromatic rings. The lowest BCUT2D eigenvalue weighted by molar-refractivity contribution is 0.626. The Balaban J connectivity index is 3.13. The minimum atomic E-state index is -0.246. The number of nitrogens with two attached hydrogens (primary N) is 1. The van der Waals surface area contributed by atoms with E-state index in [1.54, 1.807) is 31.1 Å². The maximum absolute atomic E-state index is 12.9. The van der Waals surface area contributed by atoms with Crippen LogP contribution < -0.4 is 10.6 Å². The molecule has 0 radical (unpaired) electrons. The first-order chi connectivity index (χ1) is 5.11. The molecule has 0 spiro atoms. The molecule has 0 aliphatic carbocycles. The van der Waals surface area contributed by atoms with Crippen molar-refractivity contribution in [1.82, 2.24) is 0 Å². The molecule has 2 nitrogen and oxygen atoms in total. The van der Waals surface area contributed by atoms with E-state index in [-0.39, 0.29) is 5.82 Å². The first-order valence-corrected chi connectivity index (χ1v) is 3.33. The molecular weight excluding hydrogens is 143 g/mol. The molecule has 0 aliphatic rings. The molecule has 2 N–H and O–H groups in total. The number of hydrogen-bond donors (Lipinski definition) is 1. The molecule has 0 aliphatic heterocycles. The molecule has 0 atom stereocenters. The standard InChI is InChI=1S/C8H11FN2/c1-11(2)8-5-6(10)3-4-7(8)9/h3-5H,10H2,1-2H3. The summed E-state index contributed by atoms with van der Waals surface area (Å²) in [4.78, 5) is 1.69. The van der Waals surface area contributed by atoms with Crippen LogP contribution in [-0.4, -0.2) is 14.1 Å². The zero-order chi connectivity index (χ0) is 8.43. The number of anilines is 2. The highest BCUT2D eigenvalue weighted by Gasteiger charge is 2.02. The van der Waals surface area contributed by atoms with Gasteiger partial charge in [-0.1, -0.05) is 0 Å². The van der Waals surface area contributed by atoms with Crippen LogP contribution in [0.15, 0.2) is 18.2 Å². The summed E-state index contributed by atoms with van der Waals surface area (Å²) in [5.74, 6) is -0.246. The average molecular weight is 154 g/mol. The van der Waals surface area contributed by atoms with Gasteiger partial charge in [-0.3, -0.25) is 0 Å². The Hall–Kier alpha value is -1.25. The molecule has 0 saturated carbocycles. The van der Waals surface area contributed by atoms with E-state index in [9.17, 15) is 4.39 Å². The fraction of sp³-hybridized carbons (Fsp3) is 0.250. The van der Waals surface area contributed by atoms with Crippen molar-refractivity contribution in [2.45, 2.75) is 0 Å². The zero-order valence-corrected chi connectivity index (χ0v) is 6.63. The normalized spacial score (nSPS) is 9.73. The van der Waals surface area contributed by atoms with Gasteiger partial charge in [0.2, 0.25) is 0 Å². The molecule has 0 fully saturated rings. The third-order valence-corrected chi connectivity index (χ3v) is 1.45. The maximum atomic E-state index is 12.9. The largest absolute Gasteiger partial charge is 0.399 e. The quantitative estimate of drug-likeness (QED) is 0.621. The van der Waals surface area contributed by atoms with Crippen LogP contribution >= 0.6 is 0 Å². The third-order valence-electron chi connectivity index (χ3n) is 1.45. The third kappa shape index (κ3) is 1.61. The minimum Gasteiger partial charge on any atom is -0.399 e. The van der Waals surface area contributed by atoms with Gasteiger partial charge in [-0.05, 0) is 18.2 Å². The molecule has 1 aromatic carbocycles. The van der Waals surface area contributed by atoms with Gasteiger partial charge in [-0.2, -0.15) is 0 Å². The molecule has 3 heteroatoms. The predicted octanol–water partition coefficient (Wildman–Crippen LogP) is 1.47. The average Bonchev–Trinajstić information content (AvgIpc) is 1.94. The maximum Gasteiger partial charge on any atom is 0.146 e. The van der Waals surface area contributed by atoms with Crippen molar-refractivity contribution < 1.29 is 4.39 Å². The smallest absolute Gasteiger partial charge is 0.146 e. The van der Waals surface area contributed by atoms with E-state index in [1.165, 1.54) is 6.07 Å². The fourth-order valence-corrected chi connectivity index (χ4v) is 0.872. The van der Waals surface area contributed by atoms with E-state index in [0.717, 1.165) is 0 Å². The predicted molar refractivity (Wildman–Crippen MR) is 45.1 cm³/mol. The van der Waals surface area contributed by atoms with Crippen LogP contribution in [0, 0.1) is 5.82 Å². The van der Waals surface area contributed by atoms with Crippen LogP contribution in [0.5, 0.6) is 0 Å². The summed E-state index contributed by atoms with van der Waals surface area (Å²) in [5.41, 5.74) is 6.57. The summed E-state index contributed by atoms with van der Waals surface area (Å²) in [7, 11) is 3.55. The van der Waals surface area contributed by atoms with Crippen LogP contribution in [0.1, 0.15) is 0 Å². The molecule has 0 unspecified atom stereocenters. The Morgan fingerprint density at radius 1 is 1.36 bits per heavy atom. The van der Waals surface area contributed by atoms with Crippen LogP contribution in [0.3, 0.4) is 0 Å². The fourth-order valence-electron chi connectivity index (χ4n) is 0.872. The van der Waals surface area contributed by atoms with Crippen molar-refractivity contribution in [3.8, 4) is 0 Å². The molecule has 1 rings (SSSR count). The van der Waals surface area contributed by atoms with E-state index in [1.807, 2.05) is 0 Å². The first-order valence-electron chi connectivity index (χ1n) is 3.33. The van der Waals surface area contributed by atoms with E-state index in [0.29, 0.717) is 11.4 Å². The van der Waals surface area contributed by atoms with Crippen molar-refractivity contribution in [2.75, 3.05) is 24.7 Å². The van der Waals surface area contributed by atoms with E-state index in [4.69, 9.17) is 5.73 Å². The van der Waals surface area contributed by atoms with Crippen molar-refractivity contribution in [3.63, 3.8) is 0 Å². The molecule has 11 heavy (non-hydrogen) atoms. The number of halogens is 1. The molecule has 0 bridgehead atoms. The van der Waals surface area contributed by atoms with Crippen molar-refractivity contribution in [1.29, 1.82) is 0 Å². The Morgan fingerprint density at radius 2 is 2.00 bits per heavy atom. The SMILES string of the molecule is CN(C)c1cc(N)ccc1F. The molecular formula is C8H11FN2. The lowest BCUT2D eigenvalue weighted by atomic mass is 10.2. The minimum absolute atomic E-state index is 0.246. The van der Waals surface area contributed by atoms with Gasteiger partial charge in [-0.15, -0.1) is 0 Å². The Morgan fingerprint density at radius 3 is 2.45 bits per heavy atom. The number of hydrogen-bond acceptors (Lipinski definition) is 2. The van der Waals surface area contributed by atoms with Gasteiger partial charge in [0.15, 0.2) is 0 Å². The first kappa shape index (κ1) is 7.85. The summed E-state index contributed by atoms with van der Waals surface area (Å²) in [6.07, 6.45) is 0. The summed E-state index contributed by atoms with van der Waals surface area (Å²) >= 11 is 0. The van der Waals surface area contributed by atoms with Gasteiger partial charge in [0.05, 0.1) is 5.69 Å². The topological polar surface area (TPSA) is 29.3 Å². The second-order valence-corrected chi connectivity index (χ2v) is 2.61. The van der Waals surface area contributed by atoms with Crippen LogP contribution in [0.25, 0.3) is 0 Å². The molecule has 0 saturated heterocycles. The highest BCUT2D eigenvalue weighted by Crippen LogP contribution is 2.19. The Bertz CT molecular complexity index is 258. The zero-order valence-electron chi connectivity index (χ0n) is 6.63. The molecule has 0 amide bonds. The summed E-state index contributed by atoms with van der Waals surface area (Å²) in [6, 6.07) is 4.52. The van der Waals surface area contributed by atoms with Gasteiger partial charge in [0.1, 0.15) is 5.82 Å². The molecule has 0 aromatic heterocycles. The van der Waals surface area contributed by atoms with Gasteiger partial charge in [0.25, 0.3) is 0 Å². The lowest BCUT2D eigenvalue weighted by Gasteiger charge is -2.13. The van der Waals surface area contributed by atoms with Crippen LogP contribution in [0.4, 0.5) is 15.8 Å². The summed E-state index contributed by atoms with van der Waals surface area (Å²) in [5, 5.41) is 0. The Labute approximate surface area is 65.4 Å².